The molecule has 0 aromatic heterocycles. The van der Waals surface area contributed by atoms with Gasteiger partial charge in [0.15, 0.2) is 5.78 Å². The lowest BCUT2D eigenvalue weighted by molar-refractivity contribution is 0.104. The molecule has 26 heavy (non-hydrogen) atoms. The molecule has 0 unspecified atom stereocenters. The van der Waals surface area contributed by atoms with Gasteiger partial charge in [-0.05, 0) is 54.7 Å². The Morgan fingerprint density at radius 3 is 2.50 bits per heavy atom. The fourth-order valence-corrected chi connectivity index (χ4v) is 2.68. The van der Waals surface area contributed by atoms with E-state index in [1.54, 1.807) is 49.6 Å². The molecule has 2 aromatic rings. The molecule has 0 aliphatic carbocycles. The zero-order valence-electron chi connectivity index (χ0n) is 15.3. The van der Waals surface area contributed by atoms with Crippen molar-refractivity contribution in [3.05, 3.63) is 64.7 Å². The molecule has 0 heterocycles. The number of allylic oxidation sites excluding steroid dienone is 1. The van der Waals surface area contributed by atoms with Crippen LogP contribution < -0.4 is 4.74 Å². The minimum atomic E-state index is -0.233. The highest BCUT2D eigenvalue weighted by Gasteiger charge is 2.17. The van der Waals surface area contributed by atoms with Gasteiger partial charge in [0.05, 0.1) is 12.7 Å². The molecule has 0 fully saturated rings. The first kappa shape index (κ1) is 19.3. The summed E-state index contributed by atoms with van der Waals surface area (Å²) in [7, 11) is 1.57. The van der Waals surface area contributed by atoms with Crippen molar-refractivity contribution in [2.45, 2.75) is 26.7 Å². The average Bonchev–Trinajstić information content (AvgIpc) is 2.64. The van der Waals surface area contributed by atoms with Crippen LogP contribution in [0.15, 0.2) is 42.5 Å². The molecule has 0 radical (unpaired) electrons. The molecule has 0 aliphatic heterocycles. The monoisotopic (exact) mass is 349 g/mol. The average molecular weight is 349 g/mol. The normalized spacial score (nSPS) is 10.9. The number of phenols is 1. The van der Waals surface area contributed by atoms with Crippen molar-refractivity contribution in [2.75, 3.05) is 7.11 Å². The predicted octanol–water partition coefficient (Wildman–Crippen LogP) is 4.76. The maximum absolute atomic E-state index is 12.6. The largest absolute Gasteiger partial charge is 0.508 e. The van der Waals surface area contributed by atoms with Gasteiger partial charge in [0.1, 0.15) is 17.6 Å². The Balaban J connectivity index is 2.35. The maximum atomic E-state index is 12.6. The van der Waals surface area contributed by atoms with E-state index in [0.29, 0.717) is 29.2 Å². The van der Waals surface area contributed by atoms with Gasteiger partial charge in [0, 0.05) is 11.1 Å². The van der Waals surface area contributed by atoms with Crippen LogP contribution in [0.25, 0.3) is 6.08 Å². The third-order valence-electron chi connectivity index (χ3n) is 4.16. The van der Waals surface area contributed by atoms with Crippen LogP contribution in [-0.4, -0.2) is 18.0 Å². The van der Waals surface area contributed by atoms with E-state index >= 15 is 0 Å². The van der Waals surface area contributed by atoms with E-state index in [1.807, 2.05) is 0 Å². The van der Waals surface area contributed by atoms with Crippen LogP contribution in [0, 0.1) is 17.2 Å². The first-order valence-corrected chi connectivity index (χ1v) is 8.57. The molecule has 1 N–H and O–H groups in total. The lowest BCUT2D eigenvalue weighted by atomic mass is 9.93. The minimum Gasteiger partial charge on any atom is -0.508 e. The van der Waals surface area contributed by atoms with Crippen LogP contribution in [0.4, 0.5) is 0 Å². The number of ether oxygens (including phenoxy) is 1. The van der Waals surface area contributed by atoms with Crippen LogP contribution in [-0.2, 0) is 6.42 Å². The van der Waals surface area contributed by atoms with Crippen molar-refractivity contribution in [1.82, 2.24) is 0 Å². The number of carbonyl (C=O) groups is 1. The van der Waals surface area contributed by atoms with E-state index in [2.05, 4.69) is 19.9 Å². The minimum absolute atomic E-state index is 0.171. The van der Waals surface area contributed by atoms with Crippen LogP contribution in [0.2, 0.25) is 0 Å². The summed E-state index contributed by atoms with van der Waals surface area (Å²) >= 11 is 0. The smallest absolute Gasteiger partial charge is 0.187 e. The molecule has 0 bridgehead atoms. The van der Waals surface area contributed by atoms with E-state index in [-0.39, 0.29) is 11.5 Å². The number of hydrogen-bond acceptors (Lipinski definition) is 4. The fourth-order valence-electron chi connectivity index (χ4n) is 2.68. The van der Waals surface area contributed by atoms with Gasteiger partial charge in [-0.3, -0.25) is 4.79 Å². The summed E-state index contributed by atoms with van der Waals surface area (Å²) in [6.45, 7) is 4.24. The maximum Gasteiger partial charge on any atom is 0.187 e. The number of nitriles is 1. The summed E-state index contributed by atoms with van der Waals surface area (Å²) < 4.78 is 5.39. The number of carbonyl (C=O) groups excluding carboxylic acids is 1. The van der Waals surface area contributed by atoms with E-state index in [1.165, 1.54) is 6.08 Å². The number of nitrogens with zero attached hydrogens (tertiary/aromatic N) is 1. The van der Waals surface area contributed by atoms with Gasteiger partial charge < -0.3 is 9.84 Å². The van der Waals surface area contributed by atoms with Gasteiger partial charge in [0.2, 0.25) is 0 Å². The number of benzene rings is 2. The van der Waals surface area contributed by atoms with Gasteiger partial charge in [-0.25, -0.2) is 0 Å². The molecule has 4 heteroatoms. The van der Waals surface area contributed by atoms with Crippen LogP contribution in [0.3, 0.4) is 0 Å². The molecule has 0 atom stereocenters. The summed E-state index contributed by atoms with van der Waals surface area (Å²) in [5.41, 5.74) is 2.34. The molecule has 0 amide bonds. The van der Waals surface area contributed by atoms with Gasteiger partial charge in [-0.15, -0.1) is 0 Å². The highest BCUT2D eigenvalue weighted by Crippen LogP contribution is 2.28. The Kier molecular flexibility index (Phi) is 6.57. The Hall–Kier alpha value is -3.06. The molecule has 134 valence electrons. The Morgan fingerprint density at radius 2 is 1.92 bits per heavy atom. The van der Waals surface area contributed by atoms with Crippen molar-refractivity contribution in [2.24, 2.45) is 5.92 Å². The summed E-state index contributed by atoms with van der Waals surface area (Å²) in [6, 6.07) is 12.1. The first-order valence-electron chi connectivity index (χ1n) is 8.57. The summed E-state index contributed by atoms with van der Waals surface area (Å²) in [6.07, 6.45) is 4.71. The molecular weight excluding hydrogens is 326 g/mol. The third-order valence-corrected chi connectivity index (χ3v) is 4.16. The summed E-state index contributed by atoms with van der Waals surface area (Å²) in [4.78, 5) is 12.6. The van der Waals surface area contributed by atoms with Crippen molar-refractivity contribution in [1.29, 1.82) is 5.26 Å². The molecule has 0 saturated carbocycles. The molecule has 2 aromatic carbocycles. The number of methoxy groups -OCH3 is 1. The number of ketones is 1. The second-order valence-corrected chi connectivity index (χ2v) is 6.50. The topological polar surface area (TPSA) is 70.3 Å². The lowest BCUT2D eigenvalue weighted by Gasteiger charge is -2.14. The highest BCUT2D eigenvalue weighted by molar-refractivity contribution is 6.08. The van der Waals surface area contributed by atoms with Crippen molar-refractivity contribution >= 4 is 11.9 Å². The molecule has 0 spiro atoms. The Morgan fingerprint density at radius 1 is 1.23 bits per heavy atom. The number of hydrogen-bond donors (Lipinski definition) is 1. The molecule has 0 saturated heterocycles. The number of rotatable bonds is 7. The summed E-state index contributed by atoms with van der Waals surface area (Å²) in [5.74, 6) is 1.06. The van der Waals surface area contributed by atoms with E-state index in [4.69, 9.17) is 4.74 Å². The lowest BCUT2D eigenvalue weighted by Crippen LogP contribution is -2.06. The van der Waals surface area contributed by atoms with E-state index in [9.17, 15) is 15.2 Å². The second-order valence-electron chi connectivity index (χ2n) is 6.50. The van der Waals surface area contributed by atoms with Gasteiger partial charge in [-0.1, -0.05) is 32.1 Å². The first-order chi connectivity index (χ1) is 12.5. The van der Waals surface area contributed by atoms with Gasteiger partial charge in [-0.2, -0.15) is 5.26 Å². The SMILES string of the molecule is COc1ccc(C(=O)/C=C/c2ccc(O)cc2)c(C#N)c1CCC(C)C. The number of phenolic OH excluding ortho intramolecular Hbond substituents is 1. The van der Waals surface area contributed by atoms with E-state index < -0.39 is 0 Å². The highest BCUT2D eigenvalue weighted by atomic mass is 16.5. The summed E-state index contributed by atoms with van der Waals surface area (Å²) in [5, 5.41) is 19.0. The standard InChI is InChI=1S/C22H23NO3/c1-15(2)4-10-19-20(14-23)18(11-13-22(19)26-3)21(25)12-7-16-5-8-17(24)9-6-16/h5-9,11-13,15,24H,4,10H2,1-3H3/b12-7+. The third kappa shape index (κ3) is 4.73. The quantitative estimate of drug-likeness (QED) is 0.578. The zero-order chi connectivity index (χ0) is 19.1. The van der Waals surface area contributed by atoms with Crippen molar-refractivity contribution in [3.8, 4) is 17.6 Å². The van der Waals surface area contributed by atoms with Crippen LogP contribution in [0.1, 0.15) is 47.3 Å². The molecular formula is C22H23NO3. The van der Waals surface area contributed by atoms with Crippen LogP contribution in [0.5, 0.6) is 11.5 Å². The molecule has 4 nitrogen and oxygen atoms in total. The number of aromatic hydroxyl groups is 1. The molecule has 2 rings (SSSR count). The Bertz CT molecular complexity index is 843. The van der Waals surface area contributed by atoms with E-state index in [0.717, 1.165) is 17.5 Å². The predicted molar refractivity (Wildman–Crippen MR) is 102 cm³/mol. The van der Waals surface area contributed by atoms with Crippen molar-refractivity contribution in [3.63, 3.8) is 0 Å². The van der Waals surface area contributed by atoms with Crippen molar-refractivity contribution < 1.29 is 14.6 Å². The fraction of sp³-hybridized carbons (Fsp3) is 0.273. The molecule has 0 aliphatic rings. The van der Waals surface area contributed by atoms with Gasteiger partial charge >= 0.3 is 0 Å². The zero-order valence-corrected chi connectivity index (χ0v) is 15.3. The Labute approximate surface area is 154 Å². The van der Waals surface area contributed by atoms with Crippen LogP contribution >= 0.6 is 0 Å². The second kappa shape index (κ2) is 8.87. The van der Waals surface area contributed by atoms with Gasteiger partial charge in [0.25, 0.3) is 0 Å².